The van der Waals surface area contributed by atoms with E-state index in [-0.39, 0.29) is 16.4 Å². The Morgan fingerprint density at radius 1 is 1.00 bits per heavy atom. The molecule has 4 rings (SSSR count). The van der Waals surface area contributed by atoms with Crippen molar-refractivity contribution in [2.24, 2.45) is 0 Å². The third kappa shape index (κ3) is 5.59. The number of hydrogen-bond acceptors (Lipinski definition) is 6. The Morgan fingerprint density at radius 3 is 2.32 bits per heavy atom. The summed E-state index contributed by atoms with van der Waals surface area (Å²) in [5, 5.41) is 3.17. The van der Waals surface area contributed by atoms with Crippen molar-refractivity contribution in [1.29, 1.82) is 0 Å². The molecule has 37 heavy (non-hydrogen) atoms. The van der Waals surface area contributed by atoms with Gasteiger partial charge in [-0.2, -0.15) is 0 Å². The summed E-state index contributed by atoms with van der Waals surface area (Å²) in [6, 6.07) is 15.5. The molecule has 0 saturated heterocycles. The van der Waals surface area contributed by atoms with E-state index < -0.39 is 26.0 Å². The highest BCUT2D eigenvalue weighted by molar-refractivity contribution is 7.92. The van der Waals surface area contributed by atoms with E-state index in [1.165, 1.54) is 60.9 Å². The number of hydrogen-bond donors (Lipinski definition) is 1. The molecule has 3 aromatic carbocycles. The SMILES string of the molecule is Cc1cc(S(=O)(=O)N(C)C)ccc1OCC(=O)Nc1ccc2c(c1)N(S(=O)(=O)c1ccc(Cl)cc1)CC2. The Labute approximate surface area is 221 Å². The molecule has 1 N–H and O–H groups in total. The first-order chi connectivity index (χ1) is 17.4. The number of carbonyl (C=O) groups is 1. The second-order valence-corrected chi connectivity index (χ2v) is 13.1. The summed E-state index contributed by atoms with van der Waals surface area (Å²) in [5.74, 6) is -0.0727. The van der Waals surface area contributed by atoms with Gasteiger partial charge in [0.2, 0.25) is 10.0 Å². The van der Waals surface area contributed by atoms with Gasteiger partial charge in [0.25, 0.3) is 15.9 Å². The lowest BCUT2D eigenvalue weighted by Gasteiger charge is -2.20. The summed E-state index contributed by atoms with van der Waals surface area (Å²) in [6.45, 7) is 1.67. The number of nitrogens with one attached hydrogen (secondary N) is 1. The van der Waals surface area contributed by atoms with Crippen LogP contribution in [-0.2, 0) is 31.3 Å². The maximum absolute atomic E-state index is 13.2. The minimum Gasteiger partial charge on any atom is -0.483 e. The molecule has 12 heteroatoms. The van der Waals surface area contributed by atoms with Crippen LogP contribution in [0.15, 0.2) is 70.5 Å². The zero-order chi connectivity index (χ0) is 27.0. The van der Waals surface area contributed by atoms with Crippen molar-refractivity contribution in [2.75, 3.05) is 36.9 Å². The molecule has 0 fully saturated rings. The van der Waals surface area contributed by atoms with E-state index in [0.717, 1.165) is 9.87 Å². The predicted molar refractivity (Wildman–Crippen MR) is 142 cm³/mol. The number of nitrogens with zero attached hydrogens (tertiary/aromatic N) is 2. The van der Waals surface area contributed by atoms with E-state index in [2.05, 4.69) is 5.32 Å². The highest BCUT2D eigenvalue weighted by atomic mass is 35.5. The van der Waals surface area contributed by atoms with Gasteiger partial charge in [0.15, 0.2) is 6.61 Å². The number of ether oxygens (including phenoxy) is 1. The monoisotopic (exact) mass is 563 g/mol. The van der Waals surface area contributed by atoms with E-state index in [1.807, 2.05) is 0 Å². The Bertz CT molecular complexity index is 1560. The van der Waals surface area contributed by atoms with Crippen molar-refractivity contribution in [3.63, 3.8) is 0 Å². The predicted octanol–water partition coefficient (Wildman–Crippen LogP) is 3.67. The third-order valence-corrected chi connectivity index (χ3v) is 9.80. The summed E-state index contributed by atoms with van der Waals surface area (Å²) < 4.78 is 59.0. The average molecular weight is 564 g/mol. The summed E-state index contributed by atoms with van der Waals surface area (Å²) in [7, 11) is -4.48. The van der Waals surface area contributed by atoms with Gasteiger partial charge in [-0.05, 0) is 79.1 Å². The molecule has 3 aromatic rings. The molecule has 1 aliphatic rings. The molecular weight excluding hydrogens is 538 g/mol. The maximum atomic E-state index is 13.2. The van der Waals surface area contributed by atoms with Gasteiger partial charge in [-0.3, -0.25) is 9.10 Å². The molecule has 0 saturated carbocycles. The summed E-state index contributed by atoms with van der Waals surface area (Å²) >= 11 is 5.90. The molecule has 1 heterocycles. The molecule has 0 aliphatic carbocycles. The first-order valence-corrected chi connectivity index (χ1v) is 14.5. The van der Waals surface area contributed by atoms with Gasteiger partial charge in [0, 0.05) is 31.4 Å². The van der Waals surface area contributed by atoms with Gasteiger partial charge in [-0.25, -0.2) is 21.1 Å². The van der Waals surface area contributed by atoms with Crippen molar-refractivity contribution in [2.45, 2.75) is 23.1 Å². The number of carbonyl (C=O) groups excluding carboxylic acids is 1. The number of anilines is 2. The highest BCUT2D eigenvalue weighted by Crippen LogP contribution is 2.35. The van der Waals surface area contributed by atoms with Crippen molar-refractivity contribution in [3.8, 4) is 5.75 Å². The molecular formula is C25H26ClN3O6S2. The zero-order valence-electron chi connectivity index (χ0n) is 20.4. The lowest BCUT2D eigenvalue weighted by molar-refractivity contribution is -0.118. The van der Waals surface area contributed by atoms with Crippen LogP contribution >= 0.6 is 11.6 Å². The van der Waals surface area contributed by atoms with Crippen LogP contribution in [0.3, 0.4) is 0 Å². The lowest BCUT2D eigenvalue weighted by Crippen LogP contribution is -2.29. The minimum atomic E-state index is -3.79. The molecule has 0 bridgehead atoms. The van der Waals surface area contributed by atoms with E-state index in [4.69, 9.17) is 16.3 Å². The largest absolute Gasteiger partial charge is 0.483 e. The third-order valence-electron chi connectivity index (χ3n) is 5.91. The van der Waals surface area contributed by atoms with Crippen LogP contribution in [0.2, 0.25) is 5.02 Å². The van der Waals surface area contributed by atoms with Crippen LogP contribution in [-0.4, -0.2) is 54.3 Å². The Balaban J connectivity index is 1.45. The summed E-state index contributed by atoms with van der Waals surface area (Å²) in [6.07, 6.45) is 0.554. The zero-order valence-corrected chi connectivity index (χ0v) is 22.8. The number of aryl methyl sites for hydroxylation is 1. The first-order valence-electron chi connectivity index (χ1n) is 11.3. The molecule has 0 spiro atoms. The fraction of sp³-hybridized carbons (Fsp3) is 0.240. The van der Waals surface area contributed by atoms with Crippen molar-refractivity contribution in [1.82, 2.24) is 4.31 Å². The molecule has 1 amide bonds. The summed E-state index contributed by atoms with van der Waals surface area (Å²) in [4.78, 5) is 12.8. The van der Waals surface area contributed by atoms with E-state index in [1.54, 1.807) is 25.1 Å². The van der Waals surface area contributed by atoms with Gasteiger partial charge >= 0.3 is 0 Å². The average Bonchev–Trinajstić information content (AvgIpc) is 3.27. The van der Waals surface area contributed by atoms with Crippen LogP contribution in [0, 0.1) is 6.92 Å². The number of benzene rings is 3. The maximum Gasteiger partial charge on any atom is 0.264 e. The van der Waals surface area contributed by atoms with Gasteiger partial charge < -0.3 is 10.1 Å². The minimum absolute atomic E-state index is 0.128. The first kappa shape index (κ1) is 26.9. The highest BCUT2D eigenvalue weighted by Gasteiger charge is 2.31. The Morgan fingerprint density at radius 2 is 1.68 bits per heavy atom. The van der Waals surface area contributed by atoms with E-state index >= 15 is 0 Å². The van der Waals surface area contributed by atoms with Gasteiger partial charge in [-0.15, -0.1) is 0 Å². The molecule has 0 radical (unpaired) electrons. The topological polar surface area (TPSA) is 113 Å². The lowest BCUT2D eigenvalue weighted by atomic mass is 10.1. The van der Waals surface area contributed by atoms with Crippen molar-refractivity contribution >= 4 is 48.9 Å². The van der Waals surface area contributed by atoms with Gasteiger partial charge in [0.05, 0.1) is 15.5 Å². The van der Waals surface area contributed by atoms with Crippen LogP contribution < -0.4 is 14.4 Å². The van der Waals surface area contributed by atoms with Gasteiger partial charge in [-0.1, -0.05) is 17.7 Å². The number of amides is 1. The Kier molecular flexibility index (Phi) is 7.52. The quantitative estimate of drug-likeness (QED) is 0.447. The van der Waals surface area contributed by atoms with E-state index in [9.17, 15) is 21.6 Å². The van der Waals surface area contributed by atoms with Crippen molar-refractivity contribution in [3.05, 3.63) is 76.8 Å². The number of rotatable bonds is 8. The molecule has 1 aliphatic heterocycles. The van der Waals surface area contributed by atoms with Crippen LogP contribution in [0.1, 0.15) is 11.1 Å². The standard InChI is InChI=1S/C25H26ClN3O6S2/c1-17-14-22(36(31,32)28(2)3)10-11-24(17)35-16-25(30)27-20-7-4-18-12-13-29(23(18)15-20)37(33,34)21-8-5-19(26)6-9-21/h4-11,14-15H,12-13,16H2,1-3H3,(H,27,30). The van der Waals surface area contributed by atoms with Crippen LogP contribution in [0.5, 0.6) is 5.75 Å². The number of fused-ring (bicyclic) bond motifs is 1. The molecule has 196 valence electrons. The molecule has 0 unspecified atom stereocenters. The molecule has 0 atom stereocenters. The van der Waals surface area contributed by atoms with E-state index in [0.29, 0.717) is 40.7 Å². The van der Waals surface area contributed by atoms with Crippen LogP contribution in [0.4, 0.5) is 11.4 Å². The number of halogens is 1. The normalized spacial score (nSPS) is 13.5. The van der Waals surface area contributed by atoms with Crippen molar-refractivity contribution < 1.29 is 26.4 Å². The fourth-order valence-electron chi connectivity index (χ4n) is 3.91. The van der Waals surface area contributed by atoms with Gasteiger partial charge in [0.1, 0.15) is 5.75 Å². The smallest absolute Gasteiger partial charge is 0.264 e. The molecule has 9 nitrogen and oxygen atoms in total. The summed E-state index contributed by atoms with van der Waals surface area (Å²) in [5.41, 5.74) is 2.35. The molecule has 0 aromatic heterocycles. The fourth-order valence-corrected chi connectivity index (χ4v) is 6.51. The number of sulfonamides is 2. The van der Waals surface area contributed by atoms with Crippen LogP contribution in [0.25, 0.3) is 0 Å². The second kappa shape index (κ2) is 10.3. The Hall–Kier alpha value is -3.12. The second-order valence-electron chi connectivity index (χ2n) is 8.68.